The van der Waals surface area contributed by atoms with Gasteiger partial charge in [0.05, 0.1) is 8.80 Å². The third-order valence-corrected chi connectivity index (χ3v) is 62.8. The summed E-state index contributed by atoms with van der Waals surface area (Å²) < 4.78 is 1.63. The normalized spacial score (nSPS) is 15.0. The van der Waals surface area contributed by atoms with Crippen LogP contribution in [0.2, 0.25) is 55.9 Å². The van der Waals surface area contributed by atoms with E-state index in [1.165, 1.54) is 19.7 Å². The van der Waals surface area contributed by atoms with E-state index in [0.29, 0.717) is 30.2 Å². The summed E-state index contributed by atoms with van der Waals surface area (Å²) in [4.78, 5) is 0. The summed E-state index contributed by atoms with van der Waals surface area (Å²) in [5, 5.41) is 2.76. The Bertz CT molecular complexity index is 973. The zero-order valence-electron chi connectivity index (χ0n) is 31.6. The van der Waals surface area contributed by atoms with Crippen molar-refractivity contribution in [3.8, 4) is 0 Å². The van der Waals surface area contributed by atoms with Gasteiger partial charge in [-0.05, 0) is 10.1 Å². The fourth-order valence-corrected chi connectivity index (χ4v) is 69.2. The molecule has 1 rings (SSSR count). The second-order valence-electron chi connectivity index (χ2n) is 19.0. The van der Waals surface area contributed by atoms with E-state index in [9.17, 15) is 0 Å². The van der Waals surface area contributed by atoms with Gasteiger partial charge in [-0.15, -0.1) is 0 Å². The molecule has 0 fully saturated rings. The van der Waals surface area contributed by atoms with Gasteiger partial charge in [0.2, 0.25) is 0 Å². The minimum Gasteiger partial charge on any atom is -0.0703 e. The first-order valence-corrected chi connectivity index (χ1v) is 29.6. The van der Waals surface area contributed by atoms with Gasteiger partial charge in [-0.2, -0.15) is 0 Å². The molecule has 4 radical (unpaired) electrons. The molecule has 0 saturated heterocycles. The molecule has 6 heteroatoms. The minimum atomic E-state index is -1.62. The number of hydrogen-bond donors (Lipinski definition) is 0. The first kappa shape index (κ1) is 41.7. The molecule has 0 N–H and O–H groups in total. The zero-order chi connectivity index (χ0) is 33.3. The number of benzene rings is 1. The Kier molecular flexibility index (Phi) is 14.3. The minimum absolute atomic E-state index is 0.221. The summed E-state index contributed by atoms with van der Waals surface area (Å²) in [7, 11) is -2.78. The molecule has 0 spiro atoms. The molecule has 1 aromatic carbocycles. The van der Waals surface area contributed by atoms with E-state index in [1.54, 1.807) is 4.35 Å². The topological polar surface area (TPSA) is 0 Å². The molecule has 0 heterocycles. The van der Waals surface area contributed by atoms with Crippen LogP contribution in [0.3, 0.4) is 0 Å². The molecular weight excluding hydrogens is 633 g/mol. The predicted octanol–water partition coefficient (Wildman–Crippen LogP) is 11.7. The third kappa shape index (κ3) is 10.6. The second kappa shape index (κ2) is 14.0. The van der Waals surface area contributed by atoms with E-state index < -0.39 is 22.6 Å². The van der Waals surface area contributed by atoms with Gasteiger partial charge in [0.15, 0.2) is 0 Å². The van der Waals surface area contributed by atoms with Crippen molar-refractivity contribution >= 4 is 59.9 Å². The standard InChI is InChI=1S/C26H49GeSi4.C9H21Si/c1-23(2,3)30(13,24(4,5)6)28-29(20-22(27)21-18-16-15-17-19-21)31(14,25(7,8)9)26(10,11)12;1-8(2,3)10(7)9(4,5)6/h15-19H,20H2,1-14H3;1-7H3. The van der Waals surface area contributed by atoms with E-state index in [-0.39, 0.29) is 8.80 Å². The maximum atomic E-state index is 2.80. The van der Waals surface area contributed by atoms with E-state index in [1.807, 2.05) is 0 Å². The van der Waals surface area contributed by atoms with E-state index in [4.69, 9.17) is 0 Å². The fourth-order valence-electron chi connectivity index (χ4n) is 6.22. The molecule has 0 saturated carbocycles. The summed E-state index contributed by atoms with van der Waals surface area (Å²) in [6, 6.07) is 12.6. The van der Waals surface area contributed by atoms with Crippen LogP contribution in [-0.2, 0) is 0 Å². The summed E-state index contributed by atoms with van der Waals surface area (Å²) in [6.07, 6.45) is 0. The summed E-state index contributed by atoms with van der Waals surface area (Å²) in [5.41, 5.74) is 1.46. The Hall–Kier alpha value is 0.717. The van der Waals surface area contributed by atoms with Crippen molar-refractivity contribution in [1.29, 1.82) is 0 Å². The van der Waals surface area contributed by atoms with Crippen molar-refractivity contribution in [1.82, 2.24) is 0 Å². The van der Waals surface area contributed by atoms with Crippen molar-refractivity contribution in [2.24, 2.45) is 0 Å². The SMILES string of the molecule is CC(C)(C)[Si](C)(/[Si]=[Si](/C[C](=[Ge])c1ccccc1)[Si](C)(C(C)(C)C)C(C)(C)C)C(C)(C)C.C[Si](C(C)(C)C)C(C)(C)C. The van der Waals surface area contributed by atoms with Crippen molar-refractivity contribution in [2.45, 2.75) is 181 Å². The van der Waals surface area contributed by atoms with Gasteiger partial charge in [-0.1, -0.05) is 48.1 Å². The van der Waals surface area contributed by atoms with Crippen LogP contribution in [0.15, 0.2) is 30.3 Å². The summed E-state index contributed by atoms with van der Waals surface area (Å²) in [6.45, 7) is 52.9. The molecule has 0 aliphatic rings. The van der Waals surface area contributed by atoms with Crippen LogP contribution >= 0.6 is 0 Å². The Morgan fingerprint density at radius 2 is 0.976 bits per heavy atom. The van der Waals surface area contributed by atoms with Crippen molar-refractivity contribution in [3.63, 3.8) is 0 Å². The van der Waals surface area contributed by atoms with Crippen LogP contribution in [0.4, 0.5) is 0 Å². The van der Waals surface area contributed by atoms with Gasteiger partial charge in [0, 0.05) is 0 Å². The van der Waals surface area contributed by atoms with Crippen LogP contribution in [0.1, 0.15) is 130 Å². The van der Waals surface area contributed by atoms with Crippen molar-refractivity contribution in [3.05, 3.63) is 35.9 Å². The molecule has 0 nitrogen and oxygen atoms in total. The van der Waals surface area contributed by atoms with Gasteiger partial charge < -0.3 is 0 Å². The molecule has 234 valence electrons. The molecule has 0 amide bonds. The number of hydrogen-bond acceptors (Lipinski definition) is 0. The molecule has 0 aliphatic heterocycles. The quantitative estimate of drug-likeness (QED) is 0.268. The smallest absolute Gasteiger partial charge is 0.0561 e. The van der Waals surface area contributed by atoms with E-state index in [0.717, 1.165) is 0 Å². The average Bonchev–Trinajstić information content (AvgIpc) is 2.74. The first-order chi connectivity index (χ1) is 17.7. The average molecular weight is 704 g/mol. The molecular formula is C35H70GeSi5. The van der Waals surface area contributed by atoms with Crippen LogP contribution in [0.25, 0.3) is 0 Å². The molecule has 0 unspecified atom stereocenters. The number of rotatable bonds is 5. The molecule has 0 aliphatic carbocycles. The third-order valence-electron chi connectivity index (χ3n) is 10.7. The predicted molar refractivity (Wildman–Crippen MR) is 206 cm³/mol. The van der Waals surface area contributed by atoms with E-state index in [2.05, 4.69) is 191 Å². The van der Waals surface area contributed by atoms with Gasteiger partial charge in [-0.25, -0.2) is 0 Å². The maximum absolute atomic E-state index is 2.80. The molecule has 0 aromatic heterocycles. The van der Waals surface area contributed by atoms with Crippen molar-refractivity contribution < 1.29 is 0 Å². The molecule has 0 atom stereocenters. The molecule has 0 bridgehead atoms. The first-order valence-electron chi connectivity index (χ1n) is 15.9. The van der Waals surface area contributed by atoms with Crippen LogP contribution in [0, 0.1) is 0 Å². The molecule has 41 heavy (non-hydrogen) atoms. The largest absolute Gasteiger partial charge is 0.0703 e. The summed E-state index contributed by atoms with van der Waals surface area (Å²) >= 11 is 2.43. The molecule has 1 aromatic rings. The second-order valence-corrected chi connectivity index (χ2v) is 50.7. The van der Waals surface area contributed by atoms with Crippen molar-refractivity contribution in [2.75, 3.05) is 0 Å². The Labute approximate surface area is 274 Å². The Morgan fingerprint density at radius 1 is 0.634 bits per heavy atom. The maximum Gasteiger partial charge on any atom is 0.0561 e. The van der Waals surface area contributed by atoms with Gasteiger partial charge >= 0.3 is 209 Å². The van der Waals surface area contributed by atoms with Crippen LogP contribution < -0.4 is 0 Å². The van der Waals surface area contributed by atoms with Crippen LogP contribution in [0.5, 0.6) is 0 Å². The zero-order valence-corrected chi connectivity index (χ0v) is 38.7. The van der Waals surface area contributed by atoms with Gasteiger partial charge in [0.1, 0.15) is 0 Å². The summed E-state index contributed by atoms with van der Waals surface area (Å²) in [5.74, 6) is 0. The monoisotopic (exact) mass is 704 g/mol. The van der Waals surface area contributed by atoms with E-state index >= 15 is 0 Å². The van der Waals surface area contributed by atoms with Gasteiger partial charge in [-0.3, -0.25) is 0 Å². The fraction of sp³-hybridized carbons (Fsp3) is 0.800. The Balaban J connectivity index is 0.00000136. The Morgan fingerprint density at radius 3 is 1.22 bits per heavy atom. The van der Waals surface area contributed by atoms with Crippen LogP contribution in [-0.4, -0.2) is 59.9 Å². The van der Waals surface area contributed by atoms with Gasteiger partial charge in [0.25, 0.3) is 0 Å².